The van der Waals surface area contributed by atoms with Crippen molar-refractivity contribution in [1.29, 1.82) is 0 Å². The Labute approximate surface area is 155 Å². The van der Waals surface area contributed by atoms with Crippen molar-refractivity contribution in [2.24, 2.45) is 0 Å². The van der Waals surface area contributed by atoms with Gasteiger partial charge < -0.3 is 0 Å². The third-order valence-corrected chi connectivity index (χ3v) is 6.08. The Balaban J connectivity index is 2.14. The van der Waals surface area contributed by atoms with E-state index >= 15 is 0 Å². The summed E-state index contributed by atoms with van der Waals surface area (Å²) in [4.78, 5) is 12.4. The van der Waals surface area contributed by atoms with Gasteiger partial charge in [0.25, 0.3) is 5.91 Å². The van der Waals surface area contributed by atoms with E-state index in [2.05, 4.69) is 27.2 Å². The highest BCUT2D eigenvalue weighted by Gasteiger charge is 2.18. The number of aryl methyl sites for hydroxylation is 1. The first-order valence-electron chi connectivity index (χ1n) is 7.74. The quantitative estimate of drug-likeness (QED) is 0.660. The van der Waals surface area contributed by atoms with Gasteiger partial charge >= 0.3 is 0 Å². The number of carbonyl (C=O) groups excluding carboxylic acids is 1. The van der Waals surface area contributed by atoms with Crippen LogP contribution >= 0.6 is 22.9 Å². The second-order valence-corrected chi connectivity index (χ2v) is 8.62. The molecule has 2 aromatic rings. The molecular formula is C15H19ClN4O3S2. The van der Waals surface area contributed by atoms with Gasteiger partial charge in [0.2, 0.25) is 15.2 Å². The molecule has 2 N–H and O–H groups in total. The number of benzene rings is 1. The number of hydrogen-bond acceptors (Lipinski definition) is 6. The van der Waals surface area contributed by atoms with Crippen LogP contribution in [0.15, 0.2) is 23.1 Å². The molecule has 0 spiro atoms. The van der Waals surface area contributed by atoms with E-state index in [1.54, 1.807) is 0 Å². The summed E-state index contributed by atoms with van der Waals surface area (Å²) in [7, 11) is -2.37. The van der Waals surface area contributed by atoms with E-state index in [9.17, 15) is 13.2 Å². The standard InChI is InChI=1S/C15H19ClN4O3S2/c1-3-4-5-6-13-19-20-15(24-13)18-14(21)11-9-10(7-8-12(11)16)25(22,23)17-2/h7-9,17H,3-6H2,1-2H3,(H,18,20,21). The van der Waals surface area contributed by atoms with Gasteiger partial charge in [0, 0.05) is 6.42 Å². The second kappa shape index (κ2) is 8.70. The molecule has 2 rings (SSSR count). The van der Waals surface area contributed by atoms with Crippen molar-refractivity contribution in [2.45, 2.75) is 37.5 Å². The van der Waals surface area contributed by atoms with Crippen LogP contribution in [-0.4, -0.2) is 31.6 Å². The zero-order valence-corrected chi connectivity index (χ0v) is 16.3. The molecule has 1 amide bonds. The third-order valence-electron chi connectivity index (χ3n) is 3.44. The van der Waals surface area contributed by atoms with Crippen LogP contribution in [0.4, 0.5) is 5.13 Å². The summed E-state index contributed by atoms with van der Waals surface area (Å²) in [6.07, 6.45) is 4.07. The number of rotatable bonds is 8. The van der Waals surface area contributed by atoms with Crippen LogP contribution < -0.4 is 10.0 Å². The number of nitrogens with zero attached hydrogens (tertiary/aromatic N) is 2. The van der Waals surface area contributed by atoms with E-state index in [0.717, 1.165) is 30.7 Å². The Bertz CT molecular complexity index is 852. The highest BCUT2D eigenvalue weighted by atomic mass is 35.5. The van der Waals surface area contributed by atoms with Gasteiger partial charge in [0.1, 0.15) is 5.01 Å². The molecule has 0 bridgehead atoms. The molecule has 1 aromatic heterocycles. The van der Waals surface area contributed by atoms with Gasteiger partial charge in [-0.05, 0) is 31.7 Å². The lowest BCUT2D eigenvalue weighted by molar-refractivity contribution is 0.102. The summed E-state index contributed by atoms with van der Waals surface area (Å²) in [6, 6.07) is 3.94. The summed E-state index contributed by atoms with van der Waals surface area (Å²) in [5.74, 6) is -0.533. The molecule has 0 fully saturated rings. The van der Waals surface area contributed by atoms with Crippen LogP contribution in [0.1, 0.15) is 41.6 Å². The van der Waals surface area contributed by atoms with E-state index in [4.69, 9.17) is 11.6 Å². The molecular weight excluding hydrogens is 384 g/mol. The van der Waals surface area contributed by atoms with Crippen LogP contribution in [0.25, 0.3) is 0 Å². The Morgan fingerprint density at radius 1 is 1.28 bits per heavy atom. The van der Waals surface area contributed by atoms with E-state index in [1.165, 1.54) is 36.6 Å². The van der Waals surface area contributed by atoms with E-state index in [0.29, 0.717) is 5.13 Å². The van der Waals surface area contributed by atoms with Crippen LogP contribution in [0.5, 0.6) is 0 Å². The molecule has 0 aliphatic carbocycles. The molecule has 1 aromatic carbocycles. The number of unbranched alkanes of at least 4 members (excludes halogenated alkanes) is 2. The number of nitrogens with one attached hydrogen (secondary N) is 2. The lowest BCUT2D eigenvalue weighted by Gasteiger charge is -2.07. The van der Waals surface area contributed by atoms with Gasteiger partial charge in [-0.25, -0.2) is 13.1 Å². The molecule has 10 heteroatoms. The maximum Gasteiger partial charge on any atom is 0.259 e. The topological polar surface area (TPSA) is 101 Å². The fraction of sp³-hybridized carbons (Fsp3) is 0.400. The molecule has 136 valence electrons. The van der Waals surface area contributed by atoms with E-state index < -0.39 is 15.9 Å². The van der Waals surface area contributed by atoms with Gasteiger partial charge in [0.05, 0.1) is 15.5 Å². The van der Waals surface area contributed by atoms with Crippen molar-refractivity contribution in [3.8, 4) is 0 Å². The highest BCUT2D eigenvalue weighted by Crippen LogP contribution is 2.23. The van der Waals surface area contributed by atoms with Crippen LogP contribution in [0.3, 0.4) is 0 Å². The fourth-order valence-corrected chi connectivity index (χ4v) is 3.80. The molecule has 0 unspecified atom stereocenters. The molecule has 7 nitrogen and oxygen atoms in total. The monoisotopic (exact) mass is 402 g/mol. The molecule has 0 aliphatic heterocycles. The molecule has 0 aliphatic rings. The lowest BCUT2D eigenvalue weighted by atomic mass is 10.2. The first-order valence-corrected chi connectivity index (χ1v) is 10.4. The highest BCUT2D eigenvalue weighted by molar-refractivity contribution is 7.89. The first kappa shape index (κ1) is 19.8. The maximum absolute atomic E-state index is 12.4. The number of aromatic nitrogens is 2. The number of carbonyl (C=O) groups is 1. The van der Waals surface area contributed by atoms with E-state index in [1.807, 2.05) is 0 Å². The van der Waals surface area contributed by atoms with Gasteiger partial charge in [-0.2, -0.15) is 0 Å². The van der Waals surface area contributed by atoms with Crippen molar-refractivity contribution in [1.82, 2.24) is 14.9 Å². The van der Waals surface area contributed by atoms with Gasteiger partial charge in [-0.15, -0.1) is 10.2 Å². The molecule has 1 heterocycles. The largest absolute Gasteiger partial charge is 0.296 e. The van der Waals surface area contributed by atoms with Crippen molar-refractivity contribution in [3.63, 3.8) is 0 Å². The molecule has 0 saturated heterocycles. The van der Waals surface area contributed by atoms with Gasteiger partial charge in [-0.1, -0.05) is 42.7 Å². The van der Waals surface area contributed by atoms with Crippen LogP contribution in [-0.2, 0) is 16.4 Å². The predicted molar refractivity (Wildman–Crippen MR) is 98.8 cm³/mol. The minimum absolute atomic E-state index is 0.0398. The smallest absolute Gasteiger partial charge is 0.259 e. The lowest BCUT2D eigenvalue weighted by Crippen LogP contribution is -2.20. The first-order chi connectivity index (χ1) is 11.9. The molecule has 0 atom stereocenters. The molecule has 0 radical (unpaired) electrons. The van der Waals surface area contributed by atoms with E-state index in [-0.39, 0.29) is 15.5 Å². The fourth-order valence-electron chi connectivity index (χ4n) is 2.06. The third kappa shape index (κ3) is 5.21. The number of anilines is 1. The Hall–Kier alpha value is -1.55. The second-order valence-electron chi connectivity index (χ2n) is 5.26. The number of hydrogen-bond donors (Lipinski definition) is 2. The van der Waals surface area contributed by atoms with Crippen LogP contribution in [0.2, 0.25) is 5.02 Å². The average molecular weight is 403 g/mol. The predicted octanol–water partition coefficient (Wildman–Crippen LogP) is 3.08. The van der Waals surface area contributed by atoms with Crippen molar-refractivity contribution >= 4 is 44.0 Å². The SMILES string of the molecule is CCCCCc1nnc(NC(=O)c2cc(S(=O)(=O)NC)ccc2Cl)s1. The summed E-state index contributed by atoms with van der Waals surface area (Å²) >= 11 is 7.33. The summed E-state index contributed by atoms with van der Waals surface area (Å²) in [5, 5.41) is 12.0. The Kier molecular flexibility index (Phi) is 6.88. The summed E-state index contributed by atoms with van der Waals surface area (Å²) in [5.41, 5.74) is 0.0562. The van der Waals surface area contributed by atoms with Crippen LogP contribution in [0, 0.1) is 0 Å². The van der Waals surface area contributed by atoms with Crippen molar-refractivity contribution in [2.75, 3.05) is 12.4 Å². The van der Waals surface area contributed by atoms with Crippen molar-refractivity contribution in [3.05, 3.63) is 33.8 Å². The van der Waals surface area contributed by atoms with Gasteiger partial charge in [-0.3, -0.25) is 10.1 Å². The number of sulfonamides is 1. The number of halogens is 1. The minimum atomic E-state index is -3.67. The Morgan fingerprint density at radius 3 is 2.72 bits per heavy atom. The zero-order valence-electron chi connectivity index (χ0n) is 13.9. The van der Waals surface area contributed by atoms with Gasteiger partial charge in [0.15, 0.2) is 0 Å². The zero-order chi connectivity index (χ0) is 18.4. The van der Waals surface area contributed by atoms with Crippen molar-refractivity contribution < 1.29 is 13.2 Å². The minimum Gasteiger partial charge on any atom is -0.296 e. The normalized spacial score (nSPS) is 11.5. The number of amides is 1. The average Bonchev–Trinajstić information content (AvgIpc) is 3.02. The summed E-state index contributed by atoms with van der Waals surface area (Å²) in [6.45, 7) is 2.12. The molecule has 25 heavy (non-hydrogen) atoms. The molecule has 0 saturated carbocycles. The Morgan fingerprint density at radius 2 is 2.04 bits per heavy atom. The summed E-state index contributed by atoms with van der Waals surface area (Å²) < 4.78 is 25.9. The maximum atomic E-state index is 12.4.